The maximum Gasteiger partial charge on any atom is 0.317 e. The minimum atomic E-state index is 0.0397. The van der Waals surface area contributed by atoms with Gasteiger partial charge in [0, 0.05) is 13.1 Å². The predicted molar refractivity (Wildman–Crippen MR) is 93.4 cm³/mol. The van der Waals surface area contributed by atoms with Gasteiger partial charge in [0.1, 0.15) is 5.82 Å². The summed E-state index contributed by atoms with van der Waals surface area (Å²) < 4.78 is 0. The van der Waals surface area contributed by atoms with Crippen LogP contribution >= 0.6 is 0 Å². The number of hydrogen-bond donors (Lipinski definition) is 2. The number of rotatable bonds is 3. The number of hydrogen-bond acceptors (Lipinski definition) is 2. The summed E-state index contributed by atoms with van der Waals surface area (Å²) in [5, 5.41) is 3.00. The van der Waals surface area contributed by atoms with Gasteiger partial charge in [0.15, 0.2) is 0 Å². The van der Waals surface area contributed by atoms with E-state index in [-0.39, 0.29) is 6.03 Å². The fraction of sp³-hybridized carbons (Fsp3) is 0.474. The normalized spacial score (nSPS) is 22.6. The van der Waals surface area contributed by atoms with Gasteiger partial charge in [-0.05, 0) is 43.2 Å². The zero-order valence-electron chi connectivity index (χ0n) is 14.1. The van der Waals surface area contributed by atoms with Gasteiger partial charge in [-0.25, -0.2) is 9.78 Å². The minimum Gasteiger partial charge on any atom is -0.341 e. The average molecular weight is 324 g/mol. The zero-order chi connectivity index (χ0) is 16.5. The summed E-state index contributed by atoms with van der Waals surface area (Å²) in [7, 11) is 0. The van der Waals surface area contributed by atoms with Crippen molar-refractivity contribution in [1.82, 2.24) is 20.2 Å². The van der Waals surface area contributed by atoms with E-state index in [9.17, 15) is 4.79 Å². The van der Waals surface area contributed by atoms with Crippen LogP contribution in [0.2, 0.25) is 0 Å². The molecule has 1 aliphatic carbocycles. The number of benzene rings is 1. The Hall–Kier alpha value is -2.30. The molecule has 2 N–H and O–H groups in total. The molecule has 1 saturated carbocycles. The molecule has 24 heavy (non-hydrogen) atoms. The zero-order valence-corrected chi connectivity index (χ0v) is 14.1. The number of nitrogens with zero attached hydrogens (tertiary/aromatic N) is 2. The molecule has 0 spiro atoms. The molecular weight excluding hydrogens is 300 g/mol. The molecule has 1 aliphatic heterocycles. The lowest BCUT2D eigenvalue weighted by atomic mass is 10.0. The van der Waals surface area contributed by atoms with Crippen molar-refractivity contribution >= 4 is 6.03 Å². The second-order valence-electron chi connectivity index (χ2n) is 7.13. The molecule has 4 rings (SSSR count). The molecule has 2 fully saturated rings. The molecule has 5 nitrogen and oxygen atoms in total. The average Bonchev–Trinajstić information content (AvgIpc) is 3.28. The molecule has 2 aliphatic rings. The highest BCUT2D eigenvalue weighted by molar-refractivity contribution is 5.74. The van der Waals surface area contributed by atoms with Crippen LogP contribution in [0.1, 0.15) is 30.7 Å². The molecule has 0 unspecified atom stereocenters. The van der Waals surface area contributed by atoms with Crippen LogP contribution < -0.4 is 5.32 Å². The van der Waals surface area contributed by atoms with E-state index in [0.29, 0.717) is 6.54 Å². The molecule has 2 heterocycles. The standard InChI is InChI=1S/C19H24N4O/c1-13-4-2-5-14(8-13)17-9-20-18(22-17)10-21-19(24)23-11-15-6-3-7-16(15)12-23/h2,4-5,8-9,15-16H,3,6-7,10-12H2,1H3,(H,20,22)(H,21,24)/t15-,16+. The van der Waals surface area contributed by atoms with Crippen LogP contribution in [0, 0.1) is 18.8 Å². The smallest absolute Gasteiger partial charge is 0.317 e. The number of amides is 2. The molecule has 126 valence electrons. The Morgan fingerprint density at radius 2 is 2.12 bits per heavy atom. The summed E-state index contributed by atoms with van der Waals surface area (Å²) in [6, 6.07) is 8.34. The van der Waals surface area contributed by atoms with Gasteiger partial charge in [-0.3, -0.25) is 0 Å². The first kappa shape index (κ1) is 15.2. The lowest BCUT2D eigenvalue weighted by molar-refractivity contribution is 0.204. The summed E-state index contributed by atoms with van der Waals surface area (Å²) >= 11 is 0. The number of nitrogens with one attached hydrogen (secondary N) is 2. The number of fused-ring (bicyclic) bond motifs is 1. The van der Waals surface area contributed by atoms with Gasteiger partial charge >= 0.3 is 6.03 Å². The molecule has 1 aromatic heterocycles. The fourth-order valence-corrected chi connectivity index (χ4v) is 4.08. The highest BCUT2D eigenvalue weighted by atomic mass is 16.2. The van der Waals surface area contributed by atoms with Gasteiger partial charge in [0.05, 0.1) is 18.4 Å². The molecule has 1 saturated heterocycles. The Kier molecular flexibility index (Phi) is 4.00. The Balaban J connectivity index is 1.34. The largest absolute Gasteiger partial charge is 0.341 e. The molecule has 0 bridgehead atoms. The summed E-state index contributed by atoms with van der Waals surface area (Å²) in [5.41, 5.74) is 3.32. The van der Waals surface area contributed by atoms with Crippen LogP contribution in [0.5, 0.6) is 0 Å². The first-order valence-electron chi connectivity index (χ1n) is 8.83. The van der Waals surface area contributed by atoms with Gasteiger partial charge in [-0.2, -0.15) is 0 Å². The van der Waals surface area contributed by atoms with E-state index in [0.717, 1.165) is 42.0 Å². The third-order valence-electron chi connectivity index (χ3n) is 5.38. The second kappa shape index (κ2) is 6.30. The number of aromatic amines is 1. The third kappa shape index (κ3) is 3.03. The number of imidazole rings is 1. The lowest BCUT2D eigenvalue weighted by Crippen LogP contribution is -2.38. The van der Waals surface area contributed by atoms with Crippen LogP contribution in [-0.4, -0.2) is 34.0 Å². The predicted octanol–water partition coefficient (Wildman–Crippen LogP) is 3.33. The highest BCUT2D eigenvalue weighted by Crippen LogP contribution is 2.37. The summed E-state index contributed by atoms with van der Waals surface area (Å²) in [6.07, 6.45) is 5.73. The van der Waals surface area contributed by atoms with Gasteiger partial charge in [0.2, 0.25) is 0 Å². The van der Waals surface area contributed by atoms with E-state index < -0.39 is 0 Å². The van der Waals surface area contributed by atoms with Crippen LogP contribution in [0.15, 0.2) is 30.5 Å². The Bertz CT molecular complexity index is 726. The van der Waals surface area contributed by atoms with Gasteiger partial charge in [0.25, 0.3) is 0 Å². The highest BCUT2D eigenvalue weighted by Gasteiger charge is 2.37. The molecule has 2 aromatic rings. The van der Waals surface area contributed by atoms with E-state index in [1.54, 1.807) is 0 Å². The SMILES string of the molecule is Cc1cccc(-c2cnc(CNC(=O)N3C[C@H]4CCC[C@H]4C3)[nH]2)c1. The number of aryl methyl sites for hydroxylation is 1. The maximum absolute atomic E-state index is 12.3. The molecule has 0 radical (unpaired) electrons. The topological polar surface area (TPSA) is 61.0 Å². The van der Waals surface area contributed by atoms with E-state index >= 15 is 0 Å². The van der Waals surface area contributed by atoms with E-state index in [1.165, 1.54) is 24.8 Å². The Morgan fingerprint density at radius 3 is 2.88 bits per heavy atom. The maximum atomic E-state index is 12.3. The van der Waals surface area contributed by atoms with E-state index in [1.807, 2.05) is 17.2 Å². The molecule has 1 aromatic carbocycles. The molecule has 2 amide bonds. The van der Waals surface area contributed by atoms with Crippen molar-refractivity contribution in [3.8, 4) is 11.3 Å². The van der Waals surface area contributed by atoms with Crippen LogP contribution in [-0.2, 0) is 6.54 Å². The number of likely N-dealkylation sites (tertiary alicyclic amines) is 1. The number of urea groups is 1. The number of carbonyl (C=O) groups excluding carboxylic acids is 1. The van der Waals surface area contributed by atoms with Gasteiger partial charge < -0.3 is 15.2 Å². The summed E-state index contributed by atoms with van der Waals surface area (Å²) in [5.74, 6) is 2.25. The van der Waals surface area contributed by atoms with Crippen molar-refractivity contribution in [1.29, 1.82) is 0 Å². The van der Waals surface area contributed by atoms with Crippen LogP contribution in [0.3, 0.4) is 0 Å². The van der Waals surface area contributed by atoms with Crippen molar-refractivity contribution in [3.05, 3.63) is 41.9 Å². The van der Waals surface area contributed by atoms with E-state index in [4.69, 9.17) is 0 Å². The molecule has 5 heteroatoms. The summed E-state index contributed by atoms with van der Waals surface area (Å²) in [6.45, 7) is 4.36. The Labute approximate surface area is 142 Å². The number of carbonyl (C=O) groups is 1. The minimum absolute atomic E-state index is 0.0397. The lowest BCUT2D eigenvalue weighted by Gasteiger charge is -2.17. The third-order valence-corrected chi connectivity index (χ3v) is 5.38. The second-order valence-corrected chi connectivity index (χ2v) is 7.13. The van der Waals surface area contributed by atoms with Crippen molar-refractivity contribution in [2.75, 3.05) is 13.1 Å². The first-order chi connectivity index (χ1) is 11.7. The van der Waals surface area contributed by atoms with Crippen molar-refractivity contribution in [2.24, 2.45) is 11.8 Å². The Morgan fingerprint density at radius 1 is 1.33 bits per heavy atom. The quantitative estimate of drug-likeness (QED) is 0.910. The van der Waals surface area contributed by atoms with Crippen molar-refractivity contribution in [2.45, 2.75) is 32.7 Å². The van der Waals surface area contributed by atoms with Gasteiger partial charge in [-0.1, -0.05) is 30.2 Å². The molecule has 2 atom stereocenters. The van der Waals surface area contributed by atoms with E-state index in [2.05, 4.69) is 40.4 Å². The van der Waals surface area contributed by atoms with Crippen LogP contribution in [0.4, 0.5) is 4.79 Å². The van der Waals surface area contributed by atoms with Gasteiger partial charge in [-0.15, -0.1) is 0 Å². The monoisotopic (exact) mass is 324 g/mol. The molecular formula is C19H24N4O. The number of aromatic nitrogens is 2. The number of H-pyrrole nitrogens is 1. The van der Waals surface area contributed by atoms with Crippen molar-refractivity contribution in [3.63, 3.8) is 0 Å². The van der Waals surface area contributed by atoms with Crippen LogP contribution in [0.25, 0.3) is 11.3 Å². The first-order valence-corrected chi connectivity index (χ1v) is 8.83. The fourth-order valence-electron chi connectivity index (χ4n) is 4.08. The summed E-state index contributed by atoms with van der Waals surface area (Å²) in [4.78, 5) is 22.0. The van der Waals surface area contributed by atoms with Crippen molar-refractivity contribution < 1.29 is 4.79 Å².